The number of carbonyl (C=O) groups is 1. The van der Waals surface area contributed by atoms with Gasteiger partial charge in [-0.2, -0.15) is 5.10 Å². The van der Waals surface area contributed by atoms with Gasteiger partial charge in [0.05, 0.1) is 11.8 Å². The molecule has 1 saturated carbocycles. The molecule has 1 aliphatic rings. The van der Waals surface area contributed by atoms with E-state index in [0.717, 1.165) is 6.42 Å². The molecular weight excluding hydrogens is 210 g/mol. The Morgan fingerprint density at radius 3 is 3.06 bits per heavy atom. The smallest absolute Gasteiger partial charge is 0.228 e. The molecule has 16 heavy (non-hydrogen) atoms. The summed E-state index contributed by atoms with van der Waals surface area (Å²) in [5.74, 6) is 0.690. The Hall–Kier alpha value is -2.05. The fourth-order valence-electron chi connectivity index (χ4n) is 1.53. The van der Waals surface area contributed by atoms with Crippen molar-refractivity contribution in [3.63, 3.8) is 0 Å². The maximum Gasteiger partial charge on any atom is 0.228 e. The molecule has 1 amide bonds. The minimum Gasteiger partial charge on any atom is -0.409 e. The molecule has 1 aromatic heterocycles. The molecule has 7 nitrogen and oxygen atoms in total. The molecule has 0 saturated heterocycles. The first kappa shape index (κ1) is 10.5. The number of rotatable bonds is 3. The van der Waals surface area contributed by atoms with E-state index < -0.39 is 0 Å². The number of nitrogens with zero attached hydrogens (tertiary/aromatic N) is 2. The van der Waals surface area contributed by atoms with E-state index in [1.54, 1.807) is 0 Å². The molecule has 2 rings (SSSR count). The van der Waals surface area contributed by atoms with E-state index in [2.05, 4.69) is 20.7 Å². The highest BCUT2D eigenvalue weighted by molar-refractivity contribution is 6.05. The van der Waals surface area contributed by atoms with Crippen LogP contribution in [0, 0.1) is 11.8 Å². The lowest BCUT2D eigenvalue weighted by Gasteiger charge is -2.03. The standard InChI is InChI=1S/C9H13N5O2/c1-4-2-5(4)9(15)12-8-6(3-11-13-8)7(10)14-16/h3-5,16H,2H2,1H3,(H2,10,14)(H2,11,12,13,15). The Kier molecular flexibility index (Phi) is 2.51. The van der Waals surface area contributed by atoms with Gasteiger partial charge in [0.1, 0.15) is 5.82 Å². The van der Waals surface area contributed by atoms with Crippen LogP contribution in [0.1, 0.15) is 18.9 Å². The molecule has 0 spiro atoms. The Morgan fingerprint density at radius 1 is 1.81 bits per heavy atom. The van der Waals surface area contributed by atoms with Gasteiger partial charge in [0.25, 0.3) is 0 Å². The van der Waals surface area contributed by atoms with Crippen LogP contribution < -0.4 is 11.1 Å². The van der Waals surface area contributed by atoms with Gasteiger partial charge in [0, 0.05) is 5.92 Å². The Morgan fingerprint density at radius 2 is 2.50 bits per heavy atom. The molecule has 1 fully saturated rings. The molecule has 0 aliphatic heterocycles. The maximum atomic E-state index is 11.6. The van der Waals surface area contributed by atoms with Gasteiger partial charge < -0.3 is 16.3 Å². The summed E-state index contributed by atoms with van der Waals surface area (Å²) in [5, 5.41) is 20.4. The molecule has 1 aromatic rings. The first-order valence-electron chi connectivity index (χ1n) is 4.95. The van der Waals surface area contributed by atoms with Gasteiger partial charge >= 0.3 is 0 Å². The molecule has 0 aromatic carbocycles. The van der Waals surface area contributed by atoms with Crippen LogP contribution in [0.4, 0.5) is 5.82 Å². The van der Waals surface area contributed by atoms with Gasteiger partial charge in [-0.15, -0.1) is 0 Å². The lowest BCUT2D eigenvalue weighted by Crippen LogP contribution is -2.19. The van der Waals surface area contributed by atoms with Gasteiger partial charge in [-0.3, -0.25) is 9.89 Å². The topological polar surface area (TPSA) is 116 Å². The molecule has 0 radical (unpaired) electrons. The van der Waals surface area contributed by atoms with E-state index in [4.69, 9.17) is 10.9 Å². The number of nitrogens with one attached hydrogen (secondary N) is 2. The van der Waals surface area contributed by atoms with E-state index in [9.17, 15) is 4.79 Å². The lowest BCUT2D eigenvalue weighted by molar-refractivity contribution is -0.117. The normalized spacial score (nSPS) is 24.2. The van der Waals surface area contributed by atoms with Gasteiger partial charge in [-0.1, -0.05) is 12.1 Å². The van der Waals surface area contributed by atoms with Crippen molar-refractivity contribution in [2.75, 3.05) is 5.32 Å². The average molecular weight is 223 g/mol. The number of carbonyl (C=O) groups excluding carboxylic acids is 1. The van der Waals surface area contributed by atoms with Gasteiger partial charge in [-0.25, -0.2) is 0 Å². The largest absolute Gasteiger partial charge is 0.409 e. The predicted molar refractivity (Wildman–Crippen MR) is 57.0 cm³/mol. The van der Waals surface area contributed by atoms with Crippen molar-refractivity contribution in [3.8, 4) is 0 Å². The average Bonchev–Trinajstić information content (AvgIpc) is 2.83. The second-order valence-electron chi connectivity index (χ2n) is 3.95. The highest BCUT2D eigenvalue weighted by Gasteiger charge is 2.39. The van der Waals surface area contributed by atoms with Gasteiger partial charge in [0.2, 0.25) is 5.91 Å². The third-order valence-corrected chi connectivity index (χ3v) is 2.72. The molecule has 86 valence electrons. The number of oxime groups is 1. The van der Waals surface area contributed by atoms with Crippen molar-refractivity contribution in [3.05, 3.63) is 11.8 Å². The second-order valence-corrected chi connectivity index (χ2v) is 3.95. The van der Waals surface area contributed by atoms with Crippen molar-refractivity contribution >= 4 is 17.6 Å². The van der Waals surface area contributed by atoms with E-state index in [-0.39, 0.29) is 17.7 Å². The first-order valence-corrected chi connectivity index (χ1v) is 4.95. The number of amides is 1. The van der Waals surface area contributed by atoms with Gasteiger partial charge in [0.15, 0.2) is 5.84 Å². The second kappa shape index (κ2) is 3.84. The lowest BCUT2D eigenvalue weighted by atomic mass is 10.3. The monoisotopic (exact) mass is 223 g/mol. The number of nitrogens with two attached hydrogens (primary N) is 1. The molecule has 1 heterocycles. The van der Waals surface area contributed by atoms with E-state index >= 15 is 0 Å². The number of anilines is 1. The molecular formula is C9H13N5O2. The first-order chi connectivity index (χ1) is 7.63. The zero-order valence-corrected chi connectivity index (χ0v) is 8.77. The Balaban J connectivity index is 2.10. The molecule has 2 unspecified atom stereocenters. The number of hydrogen-bond acceptors (Lipinski definition) is 4. The Bertz CT molecular complexity index is 439. The van der Waals surface area contributed by atoms with Crippen molar-refractivity contribution in [1.82, 2.24) is 10.2 Å². The molecule has 7 heteroatoms. The number of amidine groups is 1. The third-order valence-electron chi connectivity index (χ3n) is 2.72. The Labute approximate surface area is 91.7 Å². The molecule has 5 N–H and O–H groups in total. The van der Waals surface area contributed by atoms with Crippen LogP contribution in [-0.2, 0) is 4.79 Å². The maximum absolute atomic E-state index is 11.6. The molecule has 2 atom stereocenters. The summed E-state index contributed by atoms with van der Waals surface area (Å²) < 4.78 is 0. The van der Waals surface area contributed by atoms with Crippen LogP contribution in [0.2, 0.25) is 0 Å². The van der Waals surface area contributed by atoms with Crippen molar-refractivity contribution < 1.29 is 10.0 Å². The fraction of sp³-hybridized carbons (Fsp3) is 0.444. The molecule has 1 aliphatic carbocycles. The fourth-order valence-corrected chi connectivity index (χ4v) is 1.53. The van der Waals surface area contributed by atoms with Crippen molar-refractivity contribution in [2.45, 2.75) is 13.3 Å². The van der Waals surface area contributed by atoms with Crippen LogP contribution >= 0.6 is 0 Å². The van der Waals surface area contributed by atoms with Crippen LogP contribution in [0.15, 0.2) is 11.4 Å². The van der Waals surface area contributed by atoms with Crippen LogP contribution in [-0.4, -0.2) is 27.1 Å². The van der Waals surface area contributed by atoms with Gasteiger partial charge in [-0.05, 0) is 12.3 Å². The number of H-pyrrole nitrogens is 1. The summed E-state index contributed by atoms with van der Waals surface area (Å²) in [6.07, 6.45) is 2.29. The number of aromatic nitrogens is 2. The summed E-state index contributed by atoms with van der Waals surface area (Å²) >= 11 is 0. The SMILES string of the molecule is CC1CC1C(=O)Nc1[nH]ncc1C(N)=NO. The quantitative estimate of drug-likeness (QED) is 0.251. The molecule has 0 bridgehead atoms. The van der Waals surface area contributed by atoms with E-state index in [1.165, 1.54) is 6.20 Å². The third kappa shape index (κ3) is 1.83. The number of hydrogen-bond donors (Lipinski definition) is 4. The van der Waals surface area contributed by atoms with Crippen LogP contribution in [0.3, 0.4) is 0 Å². The highest BCUT2D eigenvalue weighted by atomic mass is 16.4. The summed E-state index contributed by atoms with van der Waals surface area (Å²) in [4.78, 5) is 11.6. The highest BCUT2D eigenvalue weighted by Crippen LogP contribution is 2.38. The van der Waals surface area contributed by atoms with Crippen molar-refractivity contribution in [1.29, 1.82) is 0 Å². The zero-order chi connectivity index (χ0) is 11.7. The van der Waals surface area contributed by atoms with E-state index in [1.807, 2.05) is 6.92 Å². The predicted octanol–water partition coefficient (Wildman–Crippen LogP) is 0.0987. The van der Waals surface area contributed by atoms with Crippen LogP contribution in [0.25, 0.3) is 0 Å². The van der Waals surface area contributed by atoms with Crippen LogP contribution in [0.5, 0.6) is 0 Å². The minimum atomic E-state index is -0.0899. The summed E-state index contributed by atoms with van der Waals surface area (Å²) in [5.41, 5.74) is 5.80. The zero-order valence-electron chi connectivity index (χ0n) is 8.77. The summed E-state index contributed by atoms with van der Waals surface area (Å²) in [6, 6.07) is 0. The van der Waals surface area contributed by atoms with Crippen molar-refractivity contribution in [2.24, 2.45) is 22.7 Å². The summed E-state index contributed by atoms with van der Waals surface area (Å²) in [6.45, 7) is 2.02. The number of aromatic amines is 1. The van der Waals surface area contributed by atoms with E-state index in [0.29, 0.717) is 17.3 Å². The summed E-state index contributed by atoms with van der Waals surface area (Å²) in [7, 11) is 0. The minimum absolute atomic E-state index is 0.0587.